The third-order valence-electron chi connectivity index (χ3n) is 4.89. The monoisotopic (exact) mass is 328 g/mol. The molecule has 2 nitrogen and oxygen atoms in total. The van der Waals surface area contributed by atoms with Crippen molar-refractivity contribution in [1.82, 2.24) is 0 Å². The number of rotatable bonds is 5. The summed E-state index contributed by atoms with van der Waals surface area (Å²) in [5.41, 5.74) is 6.84. The van der Waals surface area contributed by atoms with Crippen LogP contribution in [0.4, 0.5) is 17.1 Å². The SMILES string of the molecule is c1ccc(NCCCN2c3ccccc3CCc3ccccc32)cc1. The standard InChI is InChI=1S/C23H24N2/c1-2-11-21(12-3-1)24-17-8-18-25-22-13-6-4-9-19(22)15-16-20-10-5-7-14-23(20)25/h1-7,9-14,24H,8,15-18H2. The molecule has 0 radical (unpaired) electrons. The number of para-hydroxylation sites is 3. The predicted octanol–water partition coefficient (Wildman–Crippen LogP) is 5.43. The van der Waals surface area contributed by atoms with Crippen LogP contribution in [-0.4, -0.2) is 13.1 Å². The minimum absolute atomic E-state index is 0.977. The van der Waals surface area contributed by atoms with Crippen LogP contribution in [0.25, 0.3) is 0 Å². The highest BCUT2D eigenvalue weighted by atomic mass is 15.1. The van der Waals surface area contributed by atoms with Crippen LogP contribution in [0.2, 0.25) is 0 Å². The van der Waals surface area contributed by atoms with Crippen molar-refractivity contribution >= 4 is 17.1 Å². The lowest BCUT2D eigenvalue weighted by atomic mass is 10.0. The molecule has 0 aliphatic carbocycles. The van der Waals surface area contributed by atoms with Gasteiger partial charge < -0.3 is 10.2 Å². The molecule has 1 heterocycles. The number of benzene rings is 3. The summed E-state index contributed by atoms with van der Waals surface area (Å²) in [7, 11) is 0. The molecule has 0 spiro atoms. The summed E-state index contributed by atoms with van der Waals surface area (Å²) in [6, 6.07) is 28.1. The number of aryl methyl sites for hydroxylation is 2. The molecule has 3 aromatic rings. The summed E-state index contributed by atoms with van der Waals surface area (Å²) in [4.78, 5) is 2.50. The molecule has 0 amide bonds. The highest BCUT2D eigenvalue weighted by molar-refractivity contribution is 5.71. The summed E-state index contributed by atoms with van der Waals surface area (Å²) in [5, 5.41) is 3.52. The Balaban J connectivity index is 1.51. The Morgan fingerprint density at radius 1 is 0.680 bits per heavy atom. The van der Waals surface area contributed by atoms with Crippen molar-refractivity contribution in [3.05, 3.63) is 90.0 Å². The van der Waals surface area contributed by atoms with Crippen LogP contribution in [0, 0.1) is 0 Å². The molecule has 25 heavy (non-hydrogen) atoms. The number of hydrogen-bond acceptors (Lipinski definition) is 2. The first-order valence-electron chi connectivity index (χ1n) is 9.14. The Hall–Kier alpha value is -2.74. The van der Waals surface area contributed by atoms with Gasteiger partial charge >= 0.3 is 0 Å². The van der Waals surface area contributed by atoms with Gasteiger partial charge in [0.1, 0.15) is 0 Å². The van der Waals surface area contributed by atoms with Gasteiger partial charge in [0.2, 0.25) is 0 Å². The molecular weight excluding hydrogens is 304 g/mol. The van der Waals surface area contributed by atoms with Crippen LogP contribution in [-0.2, 0) is 12.8 Å². The molecule has 0 saturated heterocycles. The van der Waals surface area contributed by atoms with Gasteiger partial charge in [0, 0.05) is 30.2 Å². The molecule has 0 aromatic heterocycles. The lowest BCUT2D eigenvalue weighted by molar-refractivity contribution is 0.841. The van der Waals surface area contributed by atoms with E-state index >= 15 is 0 Å². The van der Waals surface area contributed by atoms with E-state index < -0.39 is 0 Å². The normalized spacial score (nSPS) is 12.9. The third-order valence-corrected chi connectivity index (χ3v) is 4.89. The van der Waals surface area contributed by atoms with E-state index in [9.17, 15) is 0 Å². The zero-order chi connectivity index (χ0) is 16.9. The van der Waals surface area contributed by atoms with Gasteiger partial charge in [0.15, 0.2) is 0 Å². The van der Waals surface area contributed by atoms with Crippen LogP contribution in [0.3, 0.4) is 0 Å². The average molecular weight is 328 g/mol. The second kappa shape index (κ2) is 7.43. The first-order chi connectivity index (χ1) is 12.4. The molecule has 3 aromatic carbocycles. The van der Waals surface area contributed by atoms with Gasteiger partial charge in [-0.2, -0.15) is 0 Å². The van der Waals surface area contributed by atoms with Gasteiger partial charge in [-0.3, -0.25) is 0 Å². The van der Waals surface area contributed by atoms with E-state index in [2.05, 4.69) is 89.1 Å². The Morgan fingerprint density at radius 2 is 1.24 bits per heavy atom. The Bertz CT molecular complexity index is 779. The van der Waals surface area contributed by atoms with E-state index in [1.807, 2.05) is 0 Å². The fraction of sp³-hybridized carbons (Fsp3) is 0.217. The minimum atomic E-state index is 0.977. The Labute approximate surface area is 150 Å². The van der Waals surface area contributed by atoms with E-state index in [1.165, 1.54) is 28.2 Å². The van der Waals surface area contributed by atoms with Crippen LogP contribution >= 0.6 is 0 Å². The molecule has 1 aliphatic heterocycles. The highest BCUT2D eigenvalue weighted by Gasteiger charge is 2.19. The van der Waals surface area contributed by atoms with Crippen molar-refractivity contribution in [2.24, 2.45) is 0 Å². The number of anilines is 3. The highest BCUT2D eigenvalue weighted by Crippen LogP contribution is 2.35. The van der Waals surface area contributed by atoms with Gasteiger partial charge in [-0.1, -0.05) is 54.6 Å². The van der Waals surface area contributed by atoms with E-state index in [-0.39, 0.29) is 0 Å². The number of fused-ring (bicyclic) bond motifs is 2. The lowest BCUT2D eigenvalue weighted by Crippen LogP contribution is -2.21. The maximum Gasteiger partial charge on any atom is 0.0443 e. The topological polar surface area (TPSA) is 15.3 Å². The summed E-state index contributed by atoms with van der Waals surface area (Å²) in [5.74, 6) is 0. The number of hydrogen-bond donors (Lipinski definition) is 1. The molecule has 0 unspecified atom stereocenters. The quantitative estimate of drug-likeness (QED) is 0.629. The summed E-state index contributed by atoms with van der Waals surface area (Å²) < 4.78 is 0. The van der Waals surface area contributed by atoms with Crippen molar-refractivity contribution in [1.29, 1.82) is 0 Å². The van der Waals surface area contributed by atoms with E-state index in [0.717, 1.165) is 32.4 Å². The van der Waals surface area contributed by atoms with Crippen LogP contribution in [0.15, 0.2) is 78.9 Å². The van der Waals surface area contributed by atoms with Crippen LogP contribution in [0.5, 0.6) is 0 Å². The van der Waals surface area contributed by atoms with E-state index in [0.29, 0.717) is 0 Å². The second-order valence-corrected chi connectivity index (χ2v) is 6.56. The zero-order valence-corrected chi connectivity index (χ0v) is 14.5. The summed E-state index contributed by atoms with van der Waals surface area (Å²) in [6.45, 7) is 2.00. The van der Waals surface area contributed by atoms with Crippen molar-refractivity contribution in [3.63, 3.8) is 0 Å². The number of nitrogens with one attached hydrogen (secondary N) is 1. The molecular formula is C23H24N2. The lowest BCUT2D eigenvalue weighted by Gasteiger charge is -2.27. The van der Waals surface area contributed by atoms with Gasteiger partial charge in [0.05, 0.1) is 0 Å². The largest absolute Gasteiger partial charge is 0.385 e. The molecule has 0 bridgehead atoms. The molecule has 126 valence electrons. The van der Waals surface area contributed by atoms with Crippen molar-refractivity contribution in [2.75, 3.05) is 23.3 Å². The van der Waals surface area contributed by atoms with Crippen LogP contribution in [0.1, 0.15) is 17.5 Å². The molecule has 4 rings (SSSR count). The Morgan fingerprint density at radius 3 is 1.88 bits per heavy atom. The fourth-order valence-electron chi connectivity index (χ4n) is 3.64. The zero-order valence-electron chi connectivity index (χ0n) is 14.5. The summed E-state index contributed by atoms with van der Waals surface area (Å²) >= 11 is 0. The van der Waals surface area contributed by atoms with E-state index in [4.69, 9.17) is 0 Å². The molecule has 1 aliphatic rings. The minimum Gasteiger partial charge on any atom is -0.385 e. The first-order valence-corrected chi connectivity index (χ1v) is 9.14. The molecule has 0 saturated carbocycles. The third kappa shape index (κ3) is 3.53. The predicted molar refractivity (Wildman–Crippen MR) is 107 cm³/mol. The Kier molecular flexibility index (Phi) is 4.69. The van der Waals surface area contributed by atoms with Crippen molar-refractivity contribution in [2.45, 2.75) is 19.3 Å². The van der Waals surface area contributed by atoms with Gasteiger partial charge in [-0.25, -0.2) is 0 Å². The smallest absolute Gasteiger partial charge is 0.0443 e. The van der Waals surface area contributed by atoms with Crippen molar-refractivity contribution in [3.8, 4) is 0 Å². The average Bonchev–Trinajstić information content (AvgIpc) is 2.83. The first kappa shape index (κ1) is 15.8. The van der Waals surface area contributed by atoms with Crippen LogP contribution < -0.4 is 10.2 Å². The maximum atomic E-state index is 3.52. The van der Waals surface area contributed by atoms with Gasteiger partial charge in [0.25, 0.3) is 0 Å². The van der Waals surface area contributed by atoms with Gasteiger partial charge in [-0.15, -0.1) is 0 Å². The maximum absolute atomic E-state index is 3.52. The fourth-order valence-corrected chi connectivity index (χ4v) is 3.64. The second-order valence-electron chi connectivity index (χ2n) is 6.56. The molecule has 1 N–H and O–H groups in total. The molecule has 0 atom stereocenters. The molecule has 0 fully saturated rings. The number of nitrogens with zero attached hydrogens (tertiary/aromatic N) is 1. The summed E-state index contributed by atoms with van der Waals surface area (Å²) in [6.07, 6.45) is 3.33. The van der Waals surface area contributed by atoms with E-state index in [1.54, 1.807) is 0 Å². The molecule has 2 heteroatoms. The van der Waals surface area contributed by atoms with Gasteiger partial charge in [-0.05, 0) is 54.7 Å². The van der Waals surface area contributed by atoms with Crippen molar-refractivity contribution < 1.29 is 0 Å².